The van der Waals surface area contributed by atoms with Gasteiger partial charge in [-0.2, -0.15) is 11.3 Å². The molecule has 0 bridgehead atoms. The summed E-state index contributed by atoms with van der Waals surface area (Å²) < 4.78 is 0. The summed E-state index contributed by atoms with van der Waals surface area (Å²) in [4.78, 5) is 14.5. The van der Waals surface area contributed by atoms with E-state index in [4.69, 9.17) is 5.11 Å². The summed E-state index contributed by atoms with van der Waals surface area (Å²) in [6.45, 7) is 0.677. The number of rotatable bonds is 4. The second kappa shape index (κ2) is 4.41. The molecule has 2 N–H and O–H groups in total. The molecule has 0 saturated carbocycles. The number of nitrogens with zero attached hydrogens (tertiary/aromatic N) is 1. The molecule has 2 aromatic rings. The van der Waals surface area contributed by atoms with Crippen LogP contribution in [0.4, 0.5) is 5.13 Å². The average molecular weight is 240 g/mol. The van der Waals surface area contributed by atoms with Crippen molar-refractivity contribution in [2.45, 2.75) is 6.54 Å². The van der Waals surface area contributed by atoms with Crippen LogP contribution in [0.25, 0.3) is 0 Å². The molecule has 0 unspecified atom stereocenters. The lowest BCUT2D eigenvalue weighted by atomic mass is 10.3. The number of nitrogens with one attached hydrogen (secondary N) is 1. The summed E-state index contributed by atoms with van der Waals surface area (Å²) in [5.74, 6) is -0.991. The van der Waals surface area contributed by atoms with Crippen LogP contribution in [0.3, 0.4) is 0 Å². The average Bonchev–Trinajstić information content (AvgIpc) is 2.86. The van der Waals surface area contributed by atoms with Crippen LogP contribution >= 0.6 is 22.7 Å². The van der Waals surface area contributed by atoms with Gasteiger partial charge in [0.1, 0.15) is 0 Å². The van der Waals surface area contributed by atoms with Crippen LogP contribution < -0.4 is 5.32 Å². The monoisotopic (exact) mass is 240 g/mol. The van der Waals surface area contributed by atoms with Gasteiger partial charge in [0, 0.05) is 11.9 Å². The first kappa shape index (κ1) is 10.1. The lowest BCUT2D eigenvalue weighted by Crippen LogP contribution is -2.00. The zero-order valence-corrected chi connectivity index (χ0v) is 9.27. The predicted octanol–water partition coefficient (Wildman–Crippen LogP) is 2.51. The van der Waals surface area contributed by atoms with E-state index in [1.807, 2.05) is 16.8 Å². The van der Waals surface area contributed by atoms with Gasteiger partial charge < -0.3 is 10.4 Å². The Hall–Kier alpha value is -1.40. The van der Waals surface area contributed by atoms with E-state index in [0.29, 0.717) is 11.7 Å². The maximum absolute atomic E-state index is 10.6. The molecule has 2 rings (SSSR count). The fraction of sp³-hybridized carbons (Fsp3) is 0.111. The van der Waals surface area contributed by atoms with Crippen molar-refractivity contribution in [1.82, 2.24) is 4.98 Å². The second-order valence-electron chi connectivity index (χ2n) is 2.83. The van der Waals surface area contributed by atoms with Crippen LogP contribution in [0.15, 0.2) is 22.2 Å². The van der Waals surface area contributed by atoms with E-state index in [2.05, 4.69) is 10.3 Å². The van der Waals surface area contributed by atoms with E-state index in [9.17, 15) is 4.79 Å². The highest BCUT2D eigenvalue weighted by Gasteiger charge is 2.07. The molecule has 0 atom stereocenters. The first-order valence-corrected chi connectivity index (χ1v) is 6.02. The molecule has 78 valence electrons. The molecule has 0 aliphatic rings. The van der Waals surface area contributed by atoms with Crippen LogP contribution in [-0.4, -0.2) is 16.1 Å². The zero-order chi connectivity index (χ0) is 10.7. The summed E-state index contributed by atoms with van der Waals surface area (Å²) in [7, 11) is 0. The van der Waals surface area contributed by atoms with Gasteiger partial charge in [-0.05, 0) is 22.4 Å². The number of carboxylic acids is 1. The van der Waals surface area contributed by atoms with Crippen molar-refractivity contribution in [2.75, 3.05) is 5.32 Å². The van der Waals surface area contributed by atoms with Crippen molar-refractivity contribution in [3.05, 3.63) is 33.5 Å². The lowest BCUT2D eigenvalue weighted by molar-refractivity contribution is 0.0691. The van der Waals surface area contributed by atoms with E-state index in [1.165, 1.54) is 22.3 Å². The van der Waals surface area contributed by atoms with Gasteiger partial charge in [0.05, 0.1) is 0 Å². The summed E-state index contributed by atoms with van der Waals surface area (Å²) in [5.41, 5.74) is 1.26. The molecule has 0 spiro atoms. The molecule has 6 heteroatoms. The third-order valence-electron chi connectivity index (χ3n) is 1.75. The smallest absolute Gasteiger partial charge is 0.355 e. The van der Waals surface area contributed by atoms with Gasteiger partial charge in [-0.3, -0.25) is 0 Å². The number of carbonyl (C=O) groups is 1. The van der Waals surface area contributed by atoms with E-state index >= 15 is 0 Å². The van der Waals surface area contributed by atoms with E-state index in [-0.39, 0.29) is 5.69 Å². The Morgan fingerprint density at radius 3 is 3.00 bits per heavy atom. The Labute approximate surface area is 94.2 Å². The first-order chi connectivity index (χ1) is 7.25. The highest BCUT2D eigenvalue weighted by atomic mass is 32.1. The number of thiazole rings is 1. The number of aromatic nitrogens is 1. The maximum Gasteiger partial charge on any atom is 0.355 e. The van der Waals surface area contributed by atoms with Crippen molar-refractivity contribution >= 4 is 33.8 Å². The largest absolute Gasteiger partial charge is 0.476 e. The minimum atomic E-state index is -0.991. The van der Waals surface area contributed by atoms with Crippen LogP contribution in [0, 0.1) is 0 Å². The molecule has 2 heterocycles. The highest BCUT2D eigenvalue weighted by molar-refractivity contribution is 7.13. The third-order valence-corrected chi connectivity index (χ3v) is 3.28. The van der Waals surface area contributed by atoms with Gasteiger partial charge in [-0.1, -0.05) is 0 Å². The molecular weight excluding hydrogens is 232 g/mol. The van der Waals surface area contributed by atoms with Crippen molar-refractivity contribution < 1.29 is 9.90 Å². The molecule has 0 fully saturated rings. The first-order valence-electron chi connectivity index (χ1n) is 4.19. The van der Waals surface area contributed by atoms with Crippen LogP contribution in [-0.2, 0) is 6.54 Å². The second-order valence-corrected chi connectivity index (χ2v) is 4.47. The van der Waals surface area contributed by atoms with Gasteiger partial charge in [0.15, 0.2) is 10.8 Å². The Kier molecular flexibility index (Phi) is 2.98. The molecule has 0 aliphatic heterocycles. The number of thiophene rings is 1. The molecule has 15 heavy (non-hydrogen) atoms. The Balaban J connectivity index is 1.96. The van der Waals surface area contributed by atoms with Gasteiger partial charge in [0.25, 0.3) is 0 Å². The standard InChI is InChI=1S/C9H8N2O2S2/c12-8(13)7-5-15-9(11-7)10-3-6-1-2-14-4-6/h1-2,4-5H,3H2,(H,10,11)(H,12,13). The summed E-state index contributed by atoms with van der Waals surface area (Å²) in [5, 5.41) is 17.9. The van der Waals surface area contributed by atoms with Gasteiger partial charge in [-0.25, -0.2) is 9.78 Å². The van der Waals surface area contributed by atoms with Crippen LogP contribution in [0.1, 0.15) is 16.1 Å². The normalized spacial score (nSPS) is 10.1. The SMILES string of the molecule is O=C(O)c1csc(NCc2ccsc2)n1. The Morgan fingerprint density at radius 2 is 2.40 bits per heavy atom. The number of anilines is 1. The fourth-order valence-electron chi connectivity index (χ4n) is 1.02. The minimum Gasteiger partial charge on any atom is -0.476 e. The minimum absolute atomic E-state index is 0.0906. The summed E-state index contributed by atoms with van der Waals surface area (Å²) in [6, 6.07) is 2.02. The number of aromatic carboxylic acids is 1. The predicted molar refractivity (Wildman–Crippen MR) is 60.7 cm³/mol. The summed E-state index contributed by atoms with van der Waals surface area (Å²) in [6.07, 6.45) is 0. The molecule has 0 radical (unpaired) electrons. The summed E-state index contributed by atoms with van der Waals surface area (Å²) >= 11 is 2.93. The molecule has 4 nitrogen and oxygen atoms in total. The molecule has 0 aromatic carbocycles. The van der Waals surface area contributed by atoms with Crippen LogP contribution in [0.5, 0.6) is 0 Å². The van der Waals surface area contributed by atoms with E-state index < -0.39 is 5.97 Å². The maximum atomic E-state index is 10.6. The van der Waals surface area contributed by atoms with Gasteiger partial charge >= 0.3 is 5.97 Å². The van der Waals surface area contributed by atoms with E-state index in [0.717, 1.165) is 0 Å². The topological polar surface area (TPSA) is 62.2 Å². The van der Waals surface area contributed by atoms with Crippen molar-refractivity contribution in [3.63, 3.8) is 0 Å². The van der Waals surface area contributed by atoms with Crippen molar-refractivity contribution in [3.8, 4) is 0 Å². The fourth-order valence-corrected chi connectivity index (χ4v) is 2.38. The third kappa shape index (κ3) is 2.54. The van der Waals surface area contributed by atoms with Crippen LogP contribution in [0.2, 0.25) is 0 Å². The van der Waals surface area contributed by atoms with Gasteiger partial charge in [-0.15, -0.1) is 11.3 Å². The van der Waals surface area contributed by atoms with Gasteiger partial charge in [0.2, 0.25) is 0 Å². The van der Waals surface area contributed by atoms with Crippen molar-refractivity contribution in [2.24, 2.45) is 0 Å². The quantitative estimate of drug-likeness (QED) is 0.862. The number of hydrogen-bond acceptors (Lipinski definition) is 5. The molecule has 0 saturated heterocycles. The Morgan fingerprint density at radius 1 is 1.53 bits per heavy atom. The van der Waals surface area contributed by atoms with E-state index in [1.54, 1.807) is 11.3 Å². The highest BCUT2D eigenvalue weighted by Crippen LogP contribution is 2.16. The zero-order valence-electron chi connectivity index (χ0n) is 7.64. The molecule has 2 aromatic heterocycles. The molecular formula is C9H8N2O2S2. The van der Waals surface area contributed by atoms with Crippen molar-refractivity contribution in [1.29, 1.82) is 0 Å². The lowest BCUT2D eigenvalue weighted by Gasteiger charge is -1.98. The molecule has 0 aliphatic carbocycles. The Bertz CT molecular complexity index is 450. The number of hydrogen-bond donors (Lipinski definition) is 2. The number of carboxylic acid groups (broad SMARTS) is 1. The molecule has 0 amide bonds.